The first-order chi connectivity index (χ1) is 4.59. The van der Waals surface area contributed by atoms with Gasteiger partial charge in [0.15, 0.2) is 0 Å². The zero-order valence-corrected chi connectivity index (χ0v) is 6.13. The predicted molar refractivity (Wildman–Crippen MR) is 33.1 cm³/mol. The highest BCUT2D eigenvalue weighted by molar-refractivity contribution is 8.44. The molecule has 0 rings (SSSR count). The van der Waals surface area contributed by atoms with Crippen molar-refractivity contribution in [3.05, 3.63) is 0 Å². The van der Waals surface area contributed by atoms with Crippen molar-refractivity contribution >= 4 is 31.4 Å². The monoisotopic (exact) mass is 183 g/mol. The summed E-state index contributed by atoms with van der Waals surface area (Å²) in [5, 5.41) is 16.1. The van der Waals surface area contributed by atoms with E-state index in [0.29, 0.717) is 0 Å². The van der Waals surface area contributed by atoms with Gasteiger partial charge in [-0.05, 0) is 0 Å². The second-order valence-corrected chi connectivity index (χ2v) is 2.63. The Morgan fingerprint density at radius 1 is 1.30 bits per heavy atom. The van der Waals surface area contributed by atoms with E-state index in [2.05, 4.69) is 0 Å². The van der Waals surface area contributed by atoms with E-state index < -0.39 is 19.8 Å². The number of imide groups is 1. The molecule has 0 aliphatic rings. The average Bonchev–Trinajstić information content (AvgIpc) is 1.81. The lowest BCUT2D eigenvalue weighted by Crippen LogP contribution is -2.26. The highest BCUT2D eigenvalue weighted by atomic mass is 32.7. The van der Waals surface area contributed by atoms with E-state index in [4.69, 9.17) is 10.2 Å². The van der Waals surface area contributed by atoms with Gasteiger partial charge < -0.3 is 10.2 Å². The number of rotatable bonds is 2. The third-order valence-electron chi connectivity index (χ3n) is 0.462. The number of hydrogen-bond donors (Lipinski definition) is 2. The molecule has 0 unspecified atom stereocenters. The molecular weight excluding hydrogens is 181 g/mol. The minimum atomic E-state index is -1.67. The van der Waals surface area contributed by atoms with Crippen molar-refractivity contribution in [3.63, 3.8) is 0 Å². The van der Waals surface area contributed by atoms with Gasteiger partial charge in [0, 0.05) is 0 Å². The quantitative estimate of drug-likeness (QED) is 0.497. The Balaban J connectivity index is 4.11. The molecule has 0 aromatic rings. The van der Waals surface area contributed by atoms with Crippen LogP contribution in [0.25, 0.3) is 0 Å². The van der Waals surface area contributed by atoms with Crippen LogP contribution >= 0.6 is 19.2 Å². The molecule has 0 aromatic heterocycles. The summed E-state index contributed by atoms with van der Waals surface area (Å²) in [4.78, 5) is 19.8. The third kappa shape index (κ3) is 2.65. The van der Waals surface area contributed by atoms with E-state index in [1.54, 1.807) is 0 Å². The summed E-state index contributed by atoms with van der Waals surface area (Å²) in [6.45, 7) is 0. The standard InChI is InChI=1S/C2H2NO5PS/c4-1(5)3(2(6)7)10-9-8/h(H,4,5)(H,6,7). The predicted octanol–water partition coefficient (Wildman–Crippen LogP) is 1.50. The zero-order valence-electron chi connectivity index (χ0n) is 4.42. The van der Waals surface area contributed by atoms with E-state index in [1.165, 1.54) is 0 Å². The summed E-state index contributed by atoms with van der Waals surface area (Å²) < 4.78 is 9.66. The smallest absolute Gasteiger partial charge is 0.427 e. The van der Waals surface area contributed by atoms with E-state index >= 15 is 0 Å². The lowest BCUT2D eigenvalue weighted by Gasteiger charge is -2.04. The van der Waals surface area contributed by atoms with Gasteiger partial charge in [0.2, 0.25) is 7.66 Å². The van der Waals surface area contributed by atoms with Crippen LogP contribution in [0, 0.1) is 0 Å². The molecule has 0 aromatic carbocycles. The van der Waals surface area contributed by atoms with Crippen molar-refractivity contribution < 1.29 is 24.4 Å². The highest BCUT2D eigenvalue weighted by Crippen LogP contribution is 2.22. The number of carbonyl (C=O) groups is 2. The van der Waals surface area contributed by atoms with Gasteiger partial charge in [-0.25, -0.2) is 9.59 Å². The third-order valence-corrected chi connectivity index (χ3v) is 1.69. The van der Waals surface area contributed by atoms with Crippen molar-refractivity contribution in [1.29, 1.82) is 0 Å². The summed E-state index contributed by atoms with van der Waals surface area (Å²) in [7, 11) is -0.624. The van der Waals surface area contributed by atoms with Crippen LogP contribution in [0.1, 0.15) is 0 Å². The van der Waals surface area contributed by atoms with Gasteiger partial charge in [-0.3, -0.25) is 4.57 Å². The van der Waals surface area contributed by atoms with E-state index in [1.807, 2.05) is 0 Å². The van der Waals surface area contributed by atoms with Gasteiger partial charge in [-0.1, -0.05) is 0 Å². The molecule has 0 radical (unpaired) electrons. The van der Waals surface area contributed by atoms with Gasteiger partial charge >= 0.3 is 12.2 Å². The van der Waals surface area contributed by atoms with E-state index in [0.717, 1.165) is 0 Å². The largest absolute Gasteiger partial charge is 0.464 e. The molecule has 0 aliphatic heterocycles. The van der Waals surface area contributed by atoms with Crippen LogP contribution in [0.15, 0.2) is 0 Å². The van der Waals surface area contributed by atoms with Crippen molar-refractivity contribution in [2.24, 2.45) is 0 Å². The molecule has 56 valence electrons. The number of carboxylic acid groups (broad SMARTS) is 2. The van der Waals surface area contributed by atoms with Crippen LogP contribution in [0.4, 0.5) is 9.59 Å². The summed E-state index contributed by atoms with van der Waals surface area (Å²) in [5.74, 6) is 0. The molecule has 0 heterocycles. The fourth-order valence-electron chi connectivity index (χ4n) is 0.185. The van der Waals surface area contributed by atoms with Gasteiger partial charge in [-0.2, -0.15) is 0 Å². The Morgan fingerprint density at radius 3 is 1.80 bits per heavy atom. The first-order valence-corrected chi connectivity index (χ1v) is 4.04. The molecule has 2 N–H and O–H groups in total. The van der Waals surface area contributed by atoms with Gasteiger partial charge in [0.1, 0.15) is 0 Å². The van der Waals surface area contributed by atoms with Crippen LogP contribution < -0.4 is 0 Å². The van der Waals surface area contributed by atoms with Gasteiger partial charge in [0.05, 0.1) is 11.6 Å². The maximum absolute atomic E-state index is 9.91. The van der Waals surface area contributed by atoms with E-state index in [-0.39, 0.29) is 15.9 Å². The SMILES string of the molecule is O=PSN(C(=O)O)C(=O)O. The Hall–Kier alpha value is -0.810. The van der Waals surface area contributed by atoms with Crippen LogP contribution in [-0.2, 0) is 4.57 Å². The Morgan fingerprint density at radius 2 is 1.70 bits per heavy atom. The summed E-state index contributed by atoms with van der Waals surface area (Å²) in [6.07, 6.45) is -3.33. The molecule has 0 saturated carbocycles. The Labute approximate surface area is 60.9 Å². The molecule has 2 amide bonds. The number of amides is 2. The fraction of sp³-hybridized carbons (Fsp3) is 0. The molecule has 6 nitrogen and oxygen atoms in total. The van der Waals surface area contributed by atoms with Crippen molar-refractivity contribution in [1.82, 2.24) is 4.31 Å². The molecule has 0 bridgehead atoms. The second kappa shape index (κ2) is 4.08. The van der Waals surface area contributed by atoms with Crippen LogP contribution in [-0.4, -0.2) is 26.7 Å². The summed E-state index contributed by atoms with van der Waals surface area (Å²) in [5.41, 5.74) is 0. The Kier molecular flexibility index (Phi) is 3.75. The molecule has 0 aliphatic carbocycles. The molecule has 10 heavy (non-hydrogen) atoms. The molecule has 0 fully saturated rings. The minimum absolute atomic E-state index is 0.0610. The summed E-state index contributed by atoms with van der Waals surface area (Å²) >= 11 is 0.144. The molecule has 0 spiro atoms. The van der Waals surface area contributed by atoms with Gasteiger partial charge in [-0.15, -0.1) is 4.31 Å². The van der Waals surface area contributed by atoms with Crippen molar-refractivity contribution in [2.45, 2.75) is 0 Å². The molecule has 8 heteroatoms. The topological polar surface area (TPSA) is 94.9 Å². The lowest BCUT2D eigenvalue weighted by molar-refractivity contribution is 0.152. The molecule has 0 atom stereocenters. The van der Waals surface area contributed by atoms with Crippen LogP contribution in [0.3, 0.4) is 0 Å². The van der Waals surface area contributed by atoms with Crippen molar-refractivity contribution in [2.75, 3.05) is 0 Å². The highest BCUT2D eigenvalue weighted by Gasteiger charge is 2.20. The fourth-order valence-corrected chi connectivity index (χ4v) is 1.01. The maximum atomic E-state index is 9.91. The maximum Gasteiger partial charge on any atom is 0.427 e. The normalized spacial score (nSPS) is 9.20. The summed E-state index contributed by atoms with van der Waals surface area (Å²) in [6, 6.07) is 0. The van der Waals surface area contributed by atoms with E-state index in [9.17, 15) is 14.2 Å². The van der Waals surface area contributed by atoms with Crippen LogP contribution in [0.2, 0.25) is 0 Å². The number of nitrogens with zero attached hydrogens (tertiary/aromatic N) is 1. The molecule has 0 saturated heterocycles. The first kappa shape index (κ1) is 9.19. The average molecular weight is 183 g/mol. The zero-order chi connectivity index (χ0) is 8.15. The molecular formula is C2H2NO5PS. The lowest BCUT2D eigenvalue weighted by atomic mass is 11.0. The first-order valence-electron chi connectivity index (χ1n) is 1.85. The number of hydrogen-bond acceptors (Lipinski definition) is 4. The van der Waals surface area contributed by atoms with Crippen LogP contribution in [0.5, 0.6) is 0 Å². The van der Waals surface area contributed by atoms with Crippen molar-refractivity contribution in [3.8, 4) is 0 Å². The Bertz CT molecular complexity index is 157. The van der Waals surface area contributed by atoms with Gasteiger partial charge in [0.25, 0.3) is 0 Å². The minimum Gasteiger partial charge on any atom is -0.464 e. The second-order valence-electron chi connectivity index (χ2n) is 1.02.